The van der Waals surface area contributed by atoms with Crippen LogP contribution in [0.25, 0.3) is 6.08 Å². The van der Waals surface area contributed by atoms with Crippen molar-refractivity contribution in [2.24, 2.45) is 0 Å². The number of hydrogen-bond acceptors (Lipinski definition) is 6. The molecule has 0 bridgehead atoms. The number of benzene rings is 1. The normalized spacial score (nSPS) is 16.1. The van der Waals surface area contributed by atoms with Crippen LogP contribution in [-0.4, -0.2) is 21.1 Å². The minimum atomic E-state index is -0.402. The summed E-state index contributed by atoms with van der Waals surface area (Å²) in [7, 11) is 0. The Balaban J connectivity index is 1.82. The number of thioether (sulfide) groups is 1. The molecule has 1 fully saturated rings. The Labute approximate surface area is 124 Å². The summed E-state index contributed by atoms with van der Waals surface area (Å²) in [4.78, 5) is 31.3. The van der Waals surface area contributed by atoms with E-state index in [-0.39, 0.29) is 5.24 Å². The van der Waals surface area contributed by atoms with Crippen LogP contribution in [0.5, 0.6) is 0 Å². The Hall–Kier alpha value is -2.67. The number of hydrogen-bond donors (Lipinski definition) is 2. The maximum atomic E-state index is 11.5. The summed E-state index contributed by atoms with van der Waals surface area (Å²) in [6.07, 6.45) is 3.15. The molecule has 2 heterocycles. The second-order valence-electron chi connectivity index (χ2n) is 4.15. The molecule has 2 amide bonds. The Morgan fingerprint density at radius 3 is 2.67 bits per heavy atom. The molecular formula is C14H10N4O2S. The van der Waals surface area contributed by atoms with Crippen LogP contribution in [0.4, 0.5) is 16.4 Å². The summed E-state index contributed by atoms with van der Waals surface area (Å²) >= 11 is 0.859. The number of anilines is 2. The van der Waals surface area contributed by atoms with Gasteiger partial charge in [0.25, 0.3) is 11.1 Å². The number of nitrogens with one attached hydrogen (secondary N) is 2. The largest absolute Gasteiger partial charge is 0.324 e. The molecule has 21 heavy (non-hydrogen) atoms. The quantitative estimate of drug-likeness (QED) is 0.847. The van der Waals surface area contributed by atoms with Gasteiger partial charge in [-0.1, -0.05) is 18.2 Å². The van der Waals surface area contributed by atoms with Gasteiger partial charge in [0.1, 0.15) is 0 Å². The molecule has 1 aromatic carbocycles. The molecule has 0 aliphatic carbocycles. The minimum absolute atomic E-state index is 0.323. The fourth-order valence-corrected chi connectivity index (χ4v) is 2.39. The van der Waals surface area contributed by atoms with Gasteiger partial charge in [0.15, 0.2) is 0 Å². The summed E-state index contributed by atoms with van der Waals surface area (Å²) in [6.45, 7) is 0. The summed E-state index contributed by atoms with van der Waals surface area (Å²) < 4.78 is 0. The van der Waals surface area contributed by atoms with Crippen molar-refractivity contribution < 1.29 is 9.59 Å². The van der Waals surface area contributed by atoms with Gasteiger partial charge in [-0.05, 0) is 36.0 Å². The van der Waals surface area contributed by atoms with Crippen molar-refractivity contribution in [3.8, 4) is 0 Å². The van der Waals surface area contributed by atoms with E-state index in [4.69, 9.17) is 0 Å². The van der Waals surface area contributed by atoms with Crippen LogP contribution in [-0.2, 0) is 4.79 Å². The third kappa shape index (κ3) is 3.26. The zero-order valence-corrected chi connectivity index (χ0v) is 11.6. The van der Waals surface area contributed by atoms with Gasteiger partial charge < -0.3 is 5.32 Å². The van der Waals surface area contributed by atoms with E-state index in [0.29, 0.717) is 16.5 Å². The summed E-state index contributed by atoms with van der Waals surface area (Å²) in [5, 5.41) is 4.89. The van der Waals surface area contributed by atoms with E-state index in [9.17, 15) is 9.59 Å². The Kier molecular flexibility index (Phi) is 3.65. The lowest BCUT2D eigenvalue weighted by molar-refractivity contribution is -0.115. The van der Waals surface area contributed by atoms with Crippen molar-refractivity contribution in [2.45, 2.75) is 0 Å². The molecule has 1 aromatic heterocycles. The van der Waals surface area contributed by atoms with Crippen molar-refractivity contribution in [3.05, 3.63) is 53.2 Å². The van der Waals surface area contributed by atoms with Crippen LogP contribution in [0, 0.1) is 0 Å². The highest BCUT2D eigenvalue weighted by atomic mass is 32.2. The number of nitrogens with zero attached hydrogens (tertiary/aromatic N) is 2. The van der Waals surface area contributed by atoms with Gasteiger partial charge in [0, 0.05) is 11.9 Å². The molecule has 2 N–H and O–H groups in total. The molecule has 0 unspecified atom stereocenters. The monoisotopic (exact) mass is 298 g/mol. The highest BCUT2D eigenvalue weighted by Gasteiger charge is 2.25. The van der Waals surface area contributed by atoms with E-state index in [1.165, 1.54) is 0 Å². The van der Waals surface area contributed by atoms with Crippen molar-refractivity contribution in [1.29, 1.82) is 0 Å². The van der Waals surface area contributed by atoms with E-state index in [1.54, 1.807) is 18.3 Å². The molecule has 0 radical (unpaired) electrons. The van der Waals surface area contributed by atoms with Gasteiger partial charge >= 0.3 is 0 Å². The second kappa shape index (κ2) is 5.76. The predicted octanol–water partition coefficient (Wildman–Crippen LogP) is 2.54. The first-order valence-electron chi connectivity index (χ1n) is 6.11. The van der Waals surface area contributed by atoms with Crippen molar-refractivity contribution >= 4 is 40.6 Å². The van der Waals surface area contributed by atoms with Gasteiger partial charge in [-0.25, -0.2) is 9.97 Å². The molecule has 0 atom stereocenters. The molecule has 0 saturated carbocycles. The maximum absolute atomic E-state index is 11.5. The van der Waals surface area contributed by atoms with Gasteiger partial charge in [0.2, 0.25) is 5.95 Å². The Morgan fingerprint density at radius 1 is 1.14 bits per heavy atom. The molecule has 7 heteroatoms. The topological polar surface area (TPSA) is 84.0 Å². The zero-order chi connectivity index (χ0) is 14.7. The van der Waals surface area contributed by atoms with Crippen LogP contribution in [0.2, 0.25) is 0 Å². The van der Waals surface area contributed by atoms with Gasteiger partial charge in [0.05, 0.1) is 10.6 Å². The summed E-state index contributed by atoms with van der Waals surface area (Å²) in [6, 6.07) is 11.2. The number of rotatable bonds is 3. The highest BCUT2D eigenvalue weighted by Crippen LogP contribution is 2.25. The predicted molar refractivity (Wildman–Crippen MR) is 80.9 cm³/mol. The lowest BCUT2D eigenvalue weighted by atomic mass is 10.3. The first kappa shape index (κ1) is 13.3. The average molecular weight is 298 g/mol. The number of carbonyl (C=O) groups is 2. The smallest absolute Gasteiger partial charge is 0.290 e. The molecule has 104 valence electrons. The zero-order valence-electron chi connectivity index (χ0n) is 10.7. The fraction of sp³-hybridized carbons (Fsp3) is 0. The van der Waals surface area contributed by atoms with E-state index in [2.05, 4.69) is 20.6 Å². The number of aromatic nitrogens is 2. The maximum Gasteiger partial charge on any atom is 0.290 e. The minimum Gasteiger partial charge on any atom is -0.324 e. The van der Waals surface area contributed by atoms with E-state index >= 15 is 0 Å². The van der Waals surface area contributed by atoms with Crippen molar-refractivity contribution in [1.82, 2.24) is 15.3 Å². The fourth-order valence-electron chi connectivity index (χ4n) is 1.72. The molecule has 1 aliphatic heterocycles. The molecule has 1 aliphatic rings. The number of amides is 2. The summed E-state index contributed by atoms with van der Waals surface area (Å²) in [5.74, 6) is 0.0199. The van der Waals surface area contributed by atoms with E-state index in [1.807, 2.05) is 30.3 Å². The lowest BCUT2D eigenvalue weighted by Crippen LogP contribution is -2.17. The molecule has 6 nitrogen and oxygen atoms in total. The second-order valence-corrected chi connectivity index (χ2v) is 5.16. The van der Waals surface area contributed by atoms with Crippen molar-refractivity contribution in [2.75, 3.05) is 5.32 Å². The SMILES string of the molecule is O=C1NC(=O)/C(=C\c2ccnc(Nc3ccccc3)n2)S1. The van der Waals surface area contributed by atoms with Crippen LogP contribution in [0.15, 0.2) is 47.5 Å². The Morgan fingerprint density at radius 2 is 1.95 bits per heavy atom. The molecule has 3 rings (SSSR count). The third-order valence-corrected chi connectivity index (χ3v) is 3.44. The van der Waals surface area contributed by atoms with Crippen molar-refractivity contribution in [3.63, 3.8) is 0 Å². The number of carbonyl (C=O) groups excluding carboxylic acids is 2. The molecule has 0 spiro atoms. The van der Waals surface area contributed by atoms with Gasteiger partial charge in [-0.2, -0.15) is 0 Å². The van der Waals surface area contributed by atoms with Gasteiger partial charge in [-0.3, -0.25) is 14.9 Å². The average Bonchev–Trinajstić information content (AvgIpc) is 2.78. The standard InChI is InChI=1S/C14H10N4O2S/c19-12-11(21-14(20)18-12)8-10-6-7-15-13(17-10)16-9-4-2-1-3-5-9/h1-8H,(H,15,16,17)(H,18,19,20)/b11-8+. The molecular weight excluding hydrogens is 288 g/mol. The third-order valence-electron chi connectivity index (χ3n) is 2.63. The van der Waals surface area contributed by atoms with Crippen LogP contribution >= 0.6 is 11.8 Å². The van der Waals surface area contributed by atoms with Crippen LogP contribution in [0.3, 0.4) is 0 Å². The number of para-hydroxylation sites is 1. The first-order valence-corrected chi connectivity index (χ1v) is 6.92. The highest BCUT2D eigenvalue weighted by molar-refractivity contribution is 8.18. The van der Waals surface area contributed by atoms with Crippen LogP contribution in [0.1, 0.15) is 5.69 Å². The van der Waals surface area contributed by atoms with E-state index < -0.39 is 5.91 Å². The van der Waals surface area contributed by atoms with E-state index in [0.717, 1.165) is 17.4 Å². The lowest BCUT2D eigenvalue weighted by Gasteiger charge is -2.04. The van der Waals surface area contributed by atoms with Gasteiger partial charge in [-0.15, -0.1) is 0 Å². The Bertz CT molecular complexity index is 731. The molecule has 2 aromatic rings. The molecule has 1 saturated heterocycles. The van der Waals surface area contributed by atoms with Crippen LogP contribution < -0.4 is 10.6 Å². The summed E-state index contributed by atoms with van der Waals surface area (Å²) in [5.41, 5.74) is 1.42. The number of imide groups is 1. The first-order chi connectivity index (χ1) is 10.2.